The second kappa shape index (κ2) is 11.6. The van der Waals surface area contributed by atoms with Crippen LogP contribution in [0.2, 0.25) is 0 Å². The maximum atomic E-state index is 5.70. The molecule has 0 saturated carbocycles. The molecule has 3 nitrogen and oxygen atoms in total. The molecule has 120 valence electrons. The van der Waals surface area contributed by atoms with Crippen LogP contribution in [-0.4, -0.2) is 13.2 Å². The van der Waals surface area contributed by atoms with Gasteiger partial charge in [0.2, 0.25) is 0 Å². The average molecular weight is 292 g/mol. The molecule has 1 unspecified atom stereocenters. The lowest BCUT2D eigenvalue weighted by atomic mass is 9.99. The van der Waals surface area contributed by atoms with E-state index in [-0.39, 0.29) is 0 Å². The van der Waals surface area contributed by atoms with Crippen molar-refractivity contribution in [1.82, 2.24) is 5.43 Å². The van der Waals surface area contributed by atoms with Crippen molar-refractivity contribution in [2.24, 2.45) is 5.84 Å². The van der Waals surface area contributed by atoms with Gasteiger partial charge in [-0.05, 0) is 24.5 Å². The van der Waals surface area contributed by atoms with E-state index in [1.807, 2.05) is 12.1 Å². The van der Waals surface area contributed by atoms with Crippen molar-refractivity contribution >= 4 is 0 Å². The van der Waals surface area contributed by atoms with E-state index in [9.17, 15) is 0 Å². The number of rotatable bonds is 12. The third kappa shape index (κ3) is 7.49. The predicted octanol–water partition coefficient (Wildman–Crippen LogP) is 4.21. The molecular weight excluding hydrogens is 260 g/mol. The van der Waals surface area contributed by atoms with E-state index in [2.05, 4.69) is 24.5 Å². The van der Waals surface area contributed by atoms with Gasteiger partial charge in [-0.2, -0.15) is 0 Å². The number of hydrazine groups is 1. The lowest BCUT2D eigenvalue weighted by Crippen LogP contribution is -2.36. The van der Waals surface area contributed by atoms with Crippen LogP contribution in [0.1, 0.15) is 63.9 Å². The first kappa shape index (κ1) is 18.0. The quantitative estimate of drug-likeness (QED) is 0.345. The highest BCUT2D eigenvalue weighted by atomic mass is 16.5. The molecule has 0 saturated heterocycles. The van der Waals surface area contributed by atoms with Crippen LogP contribution in [0.15, 0.2) is 24.3 Å². The van der Waals surface area contributed by atoms with Crippen molar-refractivity contribution in [1.29, 1.82) is 0 Å². The van der Waals surface area contributed by atoms with Crippen LogP contribution in [0.5, 0.6) is 5.75 Å². The molecule has 0 aliphatic rings. The van der Waals surface area contributed by atoms with Gasteiger partial charge in [-0.3, -0.25) is 11.3 Å². The minimum Gasteiger partial charge on any atom is -0.496 e. The first-order valence-corrected chi connectivity index (χ1v) is 8.39. The highest BCUT2D eigenvalue weighted by Gasteiger charge is 2.10. The molecule has 0 aromatic heterocycles. The van der Waals surface area contributed by atoms with Gasteiger partial charge in [-0.25, -0.2) is 0 Å². The first-order valence-electron chi connectivity index (χ1n) is 8.39. The molecule has 0 aliphatic heterocycles. The molecule has 0 fully saturated rings. The minimum atomic E-state index is 0.331. The molecule has 1 atom stereocenters. The van der Waals surface area contributed by atoms with E-state index in [1.165, 1.54) is 50.5 Å². The summed E-state index contributed by atoms with van der Waals surface area (Å²) < 4.78 is 5.40. The zero-order valence-electron chi connectivity index (χ0n) is 13.7. The number of methoxy groups -OCH3 is 1. The number of unbranched alkanes of at least 4 members (excludes halogenated alkanes) is 6. The van der Waals surface area contributed by atoms with E-state index in [0.29, 0.717) is 6.04 Å². The van der Waals surface area contributed by atoms with Gasteiger partial charge in [0, 0.05) is 6.04 Å². The molecule has 0 bridgehead atoms. The molecule has 1 aromatic carbocycles. The Morgan fingerprint density at radius 1 is 1.05 bits per heavy atom. The lowest BCUT2D eigenvalue weighted by molar-refractivity contribution is 0.400. The molecule has 3 heteroatoms. The predicted molar refractivity (Wildman–Crippen MR) is 90.4 cm³/mol. The van der Waals surface area contributed by atoms with Crippen molar-refractivity contribution in [3.8, 4) is 5.75 Å². The third-order valence-corrected chi connectivity index (χ3v) is 4.05. The molecule has 0 radical (unpaired) electrons. The summed E-state index contributed by atoms with van der Waals surface area (Å²) in [6.07, 6.45) is 11.4. The van der Waals surface area contributed by atoms with Crippen molar-refractivity contribution in [2.45, 2.75) is 70.8 Å². The van der Waals surface area contributed by atoms with E-state index >= 15 is 0 Å². The summed E-state index contributed by atoms with van der Waals surface area (Å²) in [5.74, 6) is 6.66. The van der Waals surface area contributed by atoms with E-state index in [1.54, 1.807) is 7.11 Å². The number of hydrogen-bond donors (Lipinski definition) is 2. The van der Waals surface area contributed by atoms with Gasteiger partial charge in [-0.1, -0.05) is 70.1 Å². The Labute approximate surface area is 130 Å². The zero-order valence-corrected chi connectivity index (χ0v) is 13.7. The van der Waals surface area contributed by atoms with Crippen LogP contribution in [-0.2, 0) is 6.42 Å². The van der Waals surface area contributed by atoms with Gasteiger partial charge in [-0.15, -0.1) is 0 Å². The molecule has 0 amide bonds. The van der Waals surface area contributed by atoms with Crippen LogP contribution < -0.4 is 16.0 Å². The normalized spacial score (nSPS) is 12.3. The molecule has 1 rings (SSSR count). The van der Waals surface area contributed by atoms with Gasteiger partial charge < -0.3 is 4.74 Å². The molecular formula is C18H32N2O. The van der Waals surface area contributed by atoms with Crippen LogP contribution in [0, 0.1) is 0 Å². The summed E-state index contributed by atoms with van der Waals surface area (Å²) in [4.78, 5) is 0. The zero-order chi connectivity index (χ0) is 15.3. The third-order valence-electron chi connectivity index (χ3n) is 4.05. The van der Waals surface area contributed by atoms with E-state index in [0.717, 1.165) is 18.6 Å². The summed E-state index contributed by atoms with van der Waals surface area (Å²) in [7, 11) is 1.72. The molecule has 0 spiro atoms. The van der Waals surface area contributed by atoms with Gasteiger partial charge in [0.1, 0.15) is 5.75 Å². The fraction of sp³-hybridized carbons (Fsp3) is 0.667. The minimum absolute atomic E-state index is 0.331. The number of ether oxygens (including phenoxy) is 1. The van der Waals surface area contributed by atoms with Crippen LogP contribution in [0.4, 0.5) is 0 Å². The van der Waals surface area contributed by atoms with Gasteiger partial charge in [0.25, 0.3) is 0 Å². The Hall–Kier alpha value is -1.06. The Morgan fingerprint density at radius 3 is 2.38 bits per heavy atom. The van der Waals surface area contributed by atoms with Crippen molar-refractivity contribution in [3.05, 3.63) is 29.8 Å². The maximum Gasteiger partial charge on any atom is 0.122 e. The summed E-state index contributed by atoms with van der Waals surface area (Å²) in [6.45, 7) is 2.26. The monoisotopic (exact) mass is 292 g/mol. The fourth-order valence-electron chi connectivity index (χ4n) is 2.73. The summed E-state index contributed by atoms with van der Waals surface area (Å²) in [5.41, 5.74) is 4.19. The highest BCUT2D eigenvalue weighted by Crippen LogP contribution is 2.20. The first-order chi connectivity index (χ1) is 10.3. The molecule has 1 aromatic rings. The number of nitrogens with two attached hydrogens (primary N) is 1. The van der Waals surface area contributed by atoms with Crippen LogP contribution >= 0.6 is 0 Å². The van der Waals surface area contributed by atoms with Gasteiger partial charge in [0.15, 0.2) is 0 Å². The van der Waals surface area contributed by atoms with Gasteiger partial charge in [0.05, 0.1) is 7.11 Å². The second-order valence-electron chi connectivity index (χ2n) is 5.79. The highest BCUT2D eigenvalue weighted by molar-refractivity contribution is 5.33. The van der Waals surface area contributed by atoms with E-state index in [4.69, 9.17) is 10.6 Å². The topological polar surface area (TPSA) is 47.3 Å². The lowest BCUT2D eigenvalue weighted by Gasteiger charge is -2.17. The molecule has 3 N–H and O–H groups in total. The number of nitrogens with one attached hydrogen (secondary N) is 1. The number of hydrogen-bond acceptors (Lipinski definition) is 3. The fourth-order valence-corrected chi connectivity index (χ4v) is 2.73. The molecule has 0 aliphatic carbocycles. The van der Waals surface area contributed by atoms with Gasteiger partial charge >= 0.3 is 0 Å². The van der Waals surface area contributed by atoms with E-state index < -0.39 is 0 Å². The maximum absolute atomic E-state index is 5.70. The second-order valence-corrected chi connectivity index (χ2v) is 5.79. The molecule has 21 heavy (non-hydrogen) atoms. The SMILES string of the molecule is CCCCCCCCCC(Cc1ccccc1OC)NN. The summed E-state index contributed by atoms with van der Waals surface area (Å²) >= 11 is 0. The average Bonchev–Trinajstić information content (AvgIpc) is 2.53. The standard InChI is InChI=1S/C18H32N2O/c1-3-4-5-6-7-8-9-13-17(20-19)15-16-12-10-11-14-18(16)21-2/h10-12,14,17,20H,3-9,13,15,19H2,1-2H3. The molecule has 0 heterocycles. The van der Waals surface area contributed by atoms with Crippen molar-refractivity contribution < 1.29 is 4.74 Å². The summed E-state index contributed by atoms with van der Waals surface area (Å²) in [5, 5.41) is 0. The Morgan fingerprint density at radius 2 is 1.71 bits per heavy atom. The van der Waals surface area contributed by atoms with Crippen molar-refractivity contribution in [3.63, 3.8) is 0 Å². The Balaban J connectivity index is 2.25. The number of para-hydroxylation sites is 1. The largest absolute Gasteiger partial charge is 0.496 e. The smallest absolute Gasteiger partial charge is 0.122 e. The van der Waals surface area contributed by atoms with Crippen LogP contribution in [0.25, 0.3) is 0 Å². The Kier molecular flexibility index (Phi) is 9.92. The van der Waals surface area contributed by atoms with Crippen molar-refractivity contribution in [2.75, 3.05) is 7.11 Å². The summed E-state index contributed by atoms with van der Waals surface area (Å²) in [6, 6.07) is 8.52. The van der Waals surface area contributed by atoms with Crippen LogP contribution in [0.3, 0.4) is 0 Å². The number of benzene rings is 1. The Bertz CT molecular complexity index is 368.